The van der Waals surface area contributed by atoms with Gasteiger partial charge in [0.1, 0.15) is 18.0 Å². The van der Waals surface area contributed by atoms with Crippen molar-refractivity contribution < 1.29 is 18.0 Å². The van der Waals surface area contributed by atoms with Crippen molar-refractivity contribution in [3.8, 4) is 0 Å². The van der Waals surface area contributed by atoms with Crippen LogP contribution in [0.5, 0.6) is 0 Å². The van der Waals surface area contributed by atoms with Gasteiger partial charge < -0.3 is 9.88 Å². The van der Waals surface area contributed by atoms with Crippen molar-refractivity contribution in [2.24, 2.45) is 7.05 Å². The van der Waals surface area contributed by atoms with Gasteiger partial charge in [-0.25, -0.2) is 4.98 Å². The van der Waals surface area contributed by atoms with Crippen molar-refractivity contribution in [1.82, 2.24) is 25.1 Å². The van der Waals surface area contributed by atoms with E-state index in [9.17, 15) is 18.0 Å². The van der Waals surface area contributed by atoms with Gasteiger partial charge in [0.2, 0.25) is 0 Å². The fourth-order valence-electron chi connectivity index (χ4n) is 7.21. The van der Waals surface area contributed by atoms with Crippen molar-refractivity contribution in [1.29, 1.82) is 0 Å². The Kier molecular flexibility index (Phi) is 7.74. The highest BCUT2D eigenvalue weighted by atomic mass is 19.4. The first-order chi connectivity index (χ1) is 22.0. The van der Waals surface area contributed by atoms with E-state index in [0.29, 0.717) is 24.2 Å². The zero-order chi connectivity index (χ0) is 32.1. The second kappa shape index (κ2) is 11.6. The number of alkyl halides is 3. The zero-order valence-corrected chi connectivity index (χ0v) is 26.3. The number of halogens is 3. The van der Waals surface area contributed by atoms with E-state index >= 15 is 0 Å². The van der Waals surface area contributed by atoms with Crippen LogP contribution in [-0.2, 0) is 51.0 Å². The summed E-state index contributed by atoms with van der Waals surface area (Å²) in [5.41, 5.74) is 2.62. The van der Waals surface area contributed by atoms with E-state index < -0.39 is 17.6 Å². The third-order valence-electron chi connectivity index (χ3n) is 10.5. The number of pyridine rings is 1. The number of nitrogens with one attached hydrogen (secondary N) is 1. The monoisotopic (exact) mass is 628 g/mol. The number of nitrogens with zero attached hydrogens (tertiary/aromatic N) is 5. The minimum atomic E-state index is -4.58. The number of aromatic nitrogens is 4. The molecule has 2 aromatic heterocycles. The highest BCUT2D eigenvalue weighted by Gasteiger charge is 2.43. The Labute approximate surface area is 267 Å². The molecule has 10 heteroatoms. The van der Waals surface area contributed by atoms with E-state index in [1.54, 1.807) is 12.4 Å². The highest BCUT2D eigenvalue weighted by molar-refractivity contribution is 6.10. The summed E-state index contributed by atoms with van der Waals surface area (Å²) in [6.45, 7) is 2.20. The average molecular weight is 629 g/mol. The van der Waals surface area contributed by atoms with E-state index in [0.717, 1.165) is 62.0 Å². The average Bonchev–Trinajstić information content (AvgIpc) is 3.57. The maximum atomic E-state index is 14.5. The number of hydrogen-bond donors (Lipinski definition) is 1. The molecule has 0 radical (unpaired) electrons. The predicted octanol–water partition coefficient (Wildman–Crippen LogP) is 6.87. The standard InChI is InChI=1S/C36H39F3N6O/c1-34(12-6-13-34)40-21-25-16-28-29(30(17-25)36(37,38)39)22-45(33(28)46)31-19-26(18-27(42-31)11-10-24-8-4-3-5-9-24)35(14-7-15-35)20-32-43-41-23-44(32)2/h3-5,8-9,16-19,23,40H,6-7,10-15,20-22H2,1-2H3. The Bertz CT molecular complexity index is 1760. The molecule has 2 saturated carbocycles. The van der Waals surface area contributed by atoms with E-state index in [-0.39, 0.29) is 35.2 Å². The number of fused-ring (bicyclic) bond motifs is 1. The Morgan fingerprint density at radius 1 is 0.957 bits per heavy atom. The second-order valence-electron chi connectivity index (χ2n) is 13.7. The summed E-state index contributed by atoms with van der Waals surface area (Å²) < 4.78 is 45.3. The third kappa shape index (κ3) is 5.83. The van der Waals surface area contributed by atoms with Crippen LogP contribution < -0.4 is 10.2 Å². The Balaban J connectivity index is 1.25. The van der Waals surface area contributed by atoms with Gasteiger partial charge in [0.25, 0.3) is 5.91 Å². The van der Waals surface area contributed by atoms with E-state index in [1.165, 1.54) is 16.5 Å². The Morgan fingerprint density at radius 2 is 1.72 bits per heavy atom. The molecule has 2 aromatic carbocycles. The minimum Gasteiger partial charge on any atom is -0.321 e. The molecule has 0 spiro atoms. The van der Waals surface area contributed by atoms with Crippen LogP contribution in [0.1, 0.15) is 95.1 Å². The number of carbonyl (C=O) groups is 1. The largest absolute Gasteiger partial charge is 0.416 e. The molecule has 2 fully saturated rings. The van der Waals surface area contributed by atoms with Gasteiger partial charge in [-0.05, 0) is 98.4 Å². The molecule has 2 aliphatic carbocycles. The summed E-state index contributed by atoms with van der Waals surface area (Å²) in [6.07, 6.45) is 5.24. The predicted molar refractivity (Wildman–Crippen MR) is 169 cm³/mol. The first-order valence-electron chi connectivity index (χ1n) is 16.2. The molecule has 7 rings (SSSR count). The number of rotatable bonds is 10. The molecular weight excluding hydrogens is 589 g/mol. The van der Waals surface area contributed by atoms with Gasteiger partial charge in [-0.1, -0.05) is 36.8 Å². The molecule has 0 unspecified atom stereocenters. The summed E-state index contributed by atoms with van der Waals surface area (Å²) in [6, 6.07) is 17.0. The molecule has 1 N–H and O–H groups in total. The molecule has 3 heterocycles. The second-order valence-corrected chi connectivity index (χ2v) is 13.7. The van der Waals surface area contributed by atoms with Gasteiger partial charge in [-0.15, -0.1) is 10.2 Å². The summed E-state index contributed by atoms with van der Waals surface area (Å²) in [5, 5.41) is 11.8. The summed E-state index contributed by atoms with van der Waals surface area (Å²) in [5.74, 6) is 0.841. The fraction of sp³-hybridized carbons (Fsp3) is 0.444. The summed E-state index contributed by atoms with van der Waals surface area (Å²) >= 11 is 0. The number of aryl methyl sites for hydroxylation is 3. The van der Waals surface area contributed by atoms with Crippen LogP contribution in [0.25, 0.3) is 0 Å². The van der Waals surface area contributed by atoms with Crippen molar-refractivity contribution in [2.75, 3.05) is 4.90 Å². The summed E-state index contributed by atoms with van der Waals surface area (Å²) in [7, 11) is 1.93. The van der Waals surface area contributed by atoms with Gasteiger partial charge in [0.15, 0.2) is 0 Å². The molecule has 240 valence electrons. The maximum Gasteiger partial charge on any atom is 0.416 e. The lowest BCUT2D eigenvalue weighted by Gasteiger charge is -2.42. The number of hydrogen-bond acceptors (Lipinski definition) is 5. The van der Waals surface area contributed by atoms with Crippen LogP contribution in [0.3, 0.4) is 0 Å². The van der Waals surface area contributed by atoms with Crippen LogP contribution in [0, 0.1) is 0 Å². The van der Waals surface area contributed by atoms with Crippen molar-refractivity contribution in [3.05, 3.63) is 106 Å². The zero-order valence-electron chi connectivity index (χ0n) is 26.3. The Hall–Kier alpha value is -4.05. The lowest BCUT2D eigenvalue weighted by Crippen LogP contribution is -2.47. The van der Waals surface area contributed by atoms with E-state index in [4.69, 9.17) is 4.98 Å². The molecule has 0 atom stereocenters. The molecule has 0 bridgehead atoms. The first kappa shape index (κ1) is 30.6. The summed E-state index contributed by atoms with van der Waals surface area (Å²) in [4.78, 5) is 20.4. The van der Waals surface area contributed by atoms with Crippen LogP contribution in [0.2, 0.25) is 0 Å². The molecule has 46 heavy (non-hydrogen) atoms. The first-order valence-corrected chi connectivity index (χ1v) is 16.2. The van der Waals surface area contributed by atoms with E-state index in [1.807, 2.05) is 35.9 Å². The Morgan fingerprint density at radius 3 is 2.35 bits per heavy atom. The molecule has 0 saturated heterocycles. The topological polar surface area (TPSA) is 75.9 Å². The lowest BCUT2D eigenvalue weighted by atomic mass is 9.62. The van der Waals surface area contributed by atoms with Crippen LogP contribution in [-0.4, -0.2) is 31.2 Å². The normalized spacial score (nSPS) is 18.3. The van der Waals surface area contributed by atoms with Crippen LogP contribution >= 0.6 is 0 Å². The maximum absolute atomic E-state index is 14.5. The van der Waals surface area contributed by atoms with Gasteiger partial charge in [0, 0.05) is 42.2 Å². The number of amides is 1. The number of benzene rings is 2. The van der Waals surface area contributed by atoms with E-state index in [2.05, 4.69) is 40.6 Å². The van der Waals surface area contributed by atoms with Crippen LogP contribution in [0.4, 0.5) is 19.0 Å². The quantitative estimate of drug-likeness (QED) is 0.208. The van der Waals surface area contributed by atoms with Gasteiger partial charge in [0.05, 0.1) is 12.1 Å². The number of carbonyl (C=O) groups excluding carboxylic acids is 1. The fourth-order valence-corrected chi connectivity index (χ4v) is 7.21. The minimum absolute atomic E-state index is 0.0200. The van der Waals surface area contributed by atoms with Crippen molar-refractivity contribution in [2.45, 2.75) is 94.9 Å². The smallest absolute Gasteiger partial charge is 0.321 e. The molecule has 1 amide bonds. The van der Waals surface area contributed by atoms with Gasteiger partial charge >= 0.3 is 6.18 Å². The SMILES string of the molecule is Cn1cnnc1CC1(c2cc(CCc3ccccc3)nc(N3Cc4c(cc(CNC5(C)CCC5)cc4C(F)(F)F)C3=O)c2)CCC1. The van der Waals surface area contributed by atoms with Crippen molar-refractivity contribution in [3.63, 3.8) is 0 Å². The highest BCUT2D eigenvalue weighted by Crippen LogP contribution is 2.47. The molecule has 4 aromatic rings. The lowest BCUT2D eigenvalue weighted by molar-refractivity contribution is -0.138. The van der Waals surface area contributed by atoms with Gasteiger partial charge in [-0.2, -0.15) is 13.2 Å². The van der Waals surface area contributed by atoms with Gasteiger partial charge in [-0.3, -0.25) is 9.69 Å². The van der Waals surface area contributed by atoms with Crippen molar-refractivity contribution >= 4 is 11.7 Å². The third-order valence-corrected chi connectivity index (χ3v) is 10.5. The van der Waals surface area contributed by atoms with Crippen LogP contribution in [0.15, 0.2) is 60.9 Å². The molecular formula is C36H39F3N6O. The molecule has 3 aliphatic rings. The molecule has 1 aliphatic heterocycles. The molecule has 7 nitrogen and oxygen atoms in total. The number of anilines is 1.